The number of nitrogens with zero attached hydrogens (tertiary/aromatic N) is 2. The summed E-state index contributed by atoms with van der Waals surface area (Å²) < 4.78 is 0. The summed E-state index contributed by atoms with van der Waals surface area (Å²) in [5.74, 6) is 0.205. The summed E-state index contributed by atoms with van der Waals surface area (Å²) in [5.41, 5.74) is 0. The Bertz CT molecular complexity index is 281. The van der Waals surface area contributed by atoms with E-state index < -0.39 is 0 Å². The van der Waals surface area contributed by atoms with Crippen LogP contribution in [0.1, 0.15) is 13.8 Å². The van der Waals surface area contributed by atoms with Gasteiger partial charge in [-0.15, -0.1) is 6.58 Å². The van der Waals surface area contributed by atoms with Crippen molar-refractivity contribution < 1.29 is 9.59 Å². The Hall–Kier alpha value is -1.16. The molecule has 1 rings (SSSR count). The summed E-state index contributed by atoms with van der Waals surface area (Å²) in [6.07, 6.45) is 1.67. The summed E-state index contributed by atoms with van der Waals surface area (Å²) in [7, 11) is 0. The smallest absolute Gasteiger partial charge is 0.229 e. The lowest BCUT2D eigenvalue weighted by Gasteiger charge is -2.35. The van der Waals surface area contributed by atoms with Crippen LogP contribution < -0.4 is 0 Å². The quantitative estimate of drug-likeness (QED) is 0.654. The second kappa shape index (κ2) is 5.80. The number of rotatable bonds is 4. The number of ketones is 1. The molecular formula is C12H20N2O2. The Morgan fingerprint density at radius 3 is 2.31 bits per heavy atom. The van der Waals surface area contributed by atoms with E-state index in [1.54, 1.807) is 13.0 Å². The second-order valence-electron chi connectivity index (χ2n) is 4.33. The van der Waals surface area contributed by atoms with Crippen LogP contribution in [-0.4, -0.2) is 54.2 Å². The van der Waals surface area contributed by atoms with Gasteiger partial charge in [0.25, 0.3) is 0 Å². The predicted molar refractivity (Wildman–Crippen MR) is 63.1 cm³/mol. The van der Waals surface area contributed by atoms with Crippen molar-refractivity contribution in [1.82, 2.24) is 9.80 Å². The monoisotopic (exact) mass is 224 g/mol. The van der Waals surface area contributed by atoms with Crippen molar-refractivity contribution in [1.29, 1.82) is 0 Å². The van der Waals surface area contributed by atoms with E-state index in [1.807, 2.05) is 11.8 Å². The molecule has 90 valence electrons. The van der Waals surface area contributed by atoms with Crippen molar-refractivity contribution in [3.8, 4) is 0 Å². The van der Waals surface area contributed by atoms with Crippen LogP contribution in [0.3, 0.4) is 0 Å². The van der Waals surface area contributed by atoms with Crippen LogP contribution in [0, 0.1) is 5.92 Å². The van der Waals surface area contributed by atoms with Crippen LogP contribution in [0.2, 0.25) is 0 Å². The molecule has 4 heteroatoms. The first-order chi connectivity index (χ1) is 7.54. The molecule has 1 aliphatic heterocycles. The van der Waals surface area contributed by atoms with Gasteiger partial charge in [-0.25, -0.2) is 0 Å². The number of Topliss-reactive ketones (excluding diaryl/α,β-unsaturated/α-hetero) is 1. The van der Waals surface area contributed by atoms with Crippen molar-refractivity contribution >= 4 is 11.7 Å². The molecule has 0 saturated carbocycles. The molecule has 0 aromatic carbocycles. The fraction of sp³-hybridized carbons (Fsp3) is 0.667. The lowest BCUT2D eigenvalue weighted by atomic mass is 10.1. The minimum absolute atomic E-state index is 0.112. The highest BCUT2D eigenvalue weighted by atomic mass is 16.2. The van der Waals surface area contributed by atoms with Crippen LogP contribution >= 0.6 is 0 Å². The van der Waals surface area contributed by atoms with Gasteiger partial charge in [-0.2, -0.15) is 0 Å². The first-order valence-electron chi connectivity index (χ1n) is 5.67. The standard InChI is InChI=1S/C12H20N2O2/c1-4-10(2)12(16)14-7-5-13(6-8-14)9-11(3)15/h4,10H,1,5-9H2,2-3H3. The van der Waals surface area contributed by atoms with Gasteiger partial charge in [0.05, 0.1) is 12.5 Å². The van der Waals surface area contributed by atoms with Gasteiger partial charge in [0.1, 0.15) is 5.78 Å². The van der Waals surface area contributed by atoms with Gasteiger partial charge < -0.3 is 4.90 Å². The van der Waals surface area contributed by atoms with Gasteiger partial charge in [-0.3, -0.25) is 14.5 Å². The van der Waals surface area contributed by atoms with Crippen molar-refractivity contribution in [3.63, 3.8) is 0 Å². The molecule has 4 nitrogen and oxygen atoms in total. The van der Waals surface area contributed by atoms with Gasteiger partial charge >= 0.3 is 0 Å². The van der Waals surface area contributed by atoms with E-state index in [4.69, 9.17) is 0 Å². The number of amides is 1. The van der Waals surface area contributed by atoms with E-state index in [2.05, 4.69) is 11.5 Å². The third-order valence-electron chi connectivity index (χ3n) is 2.87. The molecular weight excluding hydrogens is 204 g/mol. The Labute approximate surface area is 96.9 Å². The first kappa shape index (κ1) is 12.9. The Balaban J connectivity index is 2.39. The molecule has 0 bridgehead atoms. The van der Waals surface area contributed by atoms with Crippen LogP contribution in [0.15, 0.2) is 12.7 Å². The Morgan fingerprint density at radius 2 is 1.88 bits per heavy atom. The lowest BCUT2D eigenvalue weighted by molar-refractivity contribution is -0.135. The summed E-state index contributed by atoms with van der Waals surface area (Å²) in [4.78, 5) is 26.7. The zero-order valence-corrected chi connectivity index (χ0v) is 10.1. The molecule has 1 amide bonds. The molecule has 1 atom stereocenters. The molecule has 0 spiro atoms. The zero-order chi connectivity index (χ0) is 12.1. The fourth-order valence-electron chi connectivity index (χ4n) is 1.83. The minimum Gasteiger partial charge on any atom is -0.340 e. The van der Waals surface area contributed by atoms with E-state index in [0.717, 1.165) is 13.1 Å². The average molecular weight is 224 g/mol. The molecule has 0 radical (unpaired) electrons. The summed E-state index contributed by atoms with van der Waals surface area (Å²) >= 11 is 0. The van der Waals surface area contributed by atoms with Crippen molar-refractivity contribution in [2.45, 2.75) is 13.8 Å². The van der Waals surface area contributed by atoms with E-state index in [9.17, 15) is 9.59 Å². The molecule has 0 N–H and O–H groups in total. The zero-order valence-electron chi connectivity index (χ0n) is 10.1. The van der Waals surface area contributed by atoms with Crippen molar-refractivity contribution in [3.05, 3.63) is 12.7 Å². The van der Waals surface area contributed by atoms with Crippen LogP contribution in [0.4, 0.5) is 0 Å². The van der Waals surface area contributed by atoms with Gasteiger partial charge in [0, 0.05) is 26.2 Å². The van der Waals surface area contributed by atoms with E-state index in [1.165, 1.54) is 0 Å². The van der Waals surface area contributed by atoms with Gasteiger partial charge in [-0.05, 0) is 6.92 Å². The molecule has 1 saturated heterocycles. The summed E-state index contributed by atoms with van der Waals surface area (Å²) in [6, 6.07) is 0. The maximum absolute atomic E-state index is 11.8. The van der Waals surface area contributed by atoms with Crippen LogP contribution in [0.25, 0.3) is 0 Å². The fourth-order valence-corrected chi connectivity index (χ4v) is 1.83. The third-order valence-corrected chi connectivity index (χ3v) is 2.87. The maximum atomic E-state index is 11.8. The van der Waals surface area contributed by atoms with Crippen molar-refractivity contribution in [2.24, 2.45) is 5.92 Å². The highest BCUT2D eigenvalue weighted by Crippen LogP contribution is 2.08. The van der Waals surface area contributed by atoms with Gasteiger partial charge in [-0.1, -0.05) is 13.0 Å². The topological polar surface area (TPSA) is 40.6 Å². The molecule has 1 fully saturated rings. The van der Waals surface area contributed by atoms with Gasteiger partial charge in [0.2, 0.25) is 5.91 Å². The minimum atomic E-state index is -0.112. The highest BCUT2D eigenvalue weighted by Gasteiger charge is 2.23. The Morgan fingerprint density at radius 1 is 1.31 bits per heavy atom. The molecule has 16 heavy (non-hydrogen) atoms. The number of carbonyl (C=O) groups excluding carboxylic acids is 2. The van der Waals surface area contributed by atoms with E-state index in [-0.39, 0.29) is 17.6 Å². The number of carbonyl (C=O) groups is 2. The molecule has 0 aromatic rings. The van der Waals surface area contributed by atoms with Crippen molar-refractivity contribution in [2.75, 3.05) is 32.7 Å². The summed E-state index contributed by atoms with van der Waals surface area (Å²) in [5, 5.41) is 0. The van der Waals surface area contributed by atoms with Crippen LogP contribution in [0.5, 0.6) is 0 Å². The SMILES string of the molecule is C=CC(C)C(=O)N1CCN(CC(C)=O)CC1. The van der Waals surface area contributed by atoms with E-state index >= 15 is 0 Å². The largest absolute Gasteiger partial charge is 0.340 e. The number of hydrogen-bond acceptors (Lipinski definition) is 3. The molecule has 1 unspecified atom stereocenters. The maximum Gasteiger partial charge on any atom is 0.229 e. The average Bonchev–Trinajstić information content (AvgIpc) is 2.27. The summed E-state index contributed by atoms with van der Waals surface area (Å²) in [6.45, 7) is 10.6. The molecule has 0 aromatic heterocycles. The molecule has 0 aliphatic carbocycles. The highest BCUT2D eigenvalue weighted by molar-refractivity contribution is 5.80. The number of piperazine rings is 1. The van der Waals surface area contributed by atoms with Crippen LogP contribution in [-0.2, 0) is 9.59 Å². The number of hydrogen-bond donors (Lipinski definition) is 0. The van der Waals surface area contributed by atoms with E-state index in [0.29, 0.717) is 19.6 Å². The molecule has 1 aliphatic rings. The second-order valence-corrected chi connectivity index (χ2v) is 4.33. The normalized spacial score (nSPS) is 19.2. The third kappa shape index (κ3) is 3.45. The van der Waals surface area contributed by atoms with Gasteiger partial charge in [0.15, 0.2) is 0 Å². The predicted octanol–water partition coefficient (Wildman–Crippen LogP) is 0.542. The lowest BCUT2D eigenvalue weighted by Crippen LogP contribution is -2.50. The first-order valence-corrected chi connectivity index (χ1v) is 5.67. The Kier molecular flexibility index (Phi) is 4.68. The molecule has 1 heterocycles.